The van der Waals surface area contributed by atoms with Crippen LogP contribution in [-0.2, 0) is 0 Å². The Hall–Kier alpha value is -1.58. The third-order valence-corrected chi connectivity index (χ3v) is 2.78. The van der Waals surface area contributed by atoms with Crippen molar-refractivity contribution in [3.63, 3.8) is 0 Å². The van der Waals surface area contributed by atoms with E-state index in [1.165, 1.54) is 19.0 Å². The average molecular weight is 220 g/mol. The summed E-state index contributed by atoms with van der Waals surface area (Å²) in [7, 11) is 0. The highest BCUT2D eigenvalue weighted by molar-refractivity contribution is 5.86. The molecule has 2 N–H and O–H groups in total. The minimum absolute atomic E-state index is 0.0867. The van der Waals surface area contributed by atoms with Crippen molar-refractivity contribution in [2.24, 2.45) is 5.92 Å². The molecular weight excluding hydrogens is 204 g/mol. The molecule has 1 unspecified atom stereocenters. The number of aromatic nitrogens is 1. The predicted molar refractivity (Wildman–Crippen MR) is 61.6 cm³/mol. The van der Waals surface area contributed by atoms with Crippen LogP contribution in [0.4, 0.5) is 5.69 Å². The second-order valence-corrected chi connectivity index (χ2v) is 4.46. The van der Waals surface area contributed by atoms with Gasteiger partial charge in [-0.05, 0) is 31.4 Å². The second-order valence-electron chi connectivity index (χ2n) is 4.46. The molecule has 0 aliphatic heterocycles. The van der Waals surface area contributed by atoms with Gasteiger partial charge in [0.05, 0.1) is 0 Å². The maximum absolute atomic E-state index is 10.7. The molecule has 0 spiro atoms. The standard InChI is InChI=1S/C12H16N2O2/c1-8(6-9-2-3-9)14-10-4-5-13-11(7-10)12(15)16/h4-5,7-9H,2-3,6H2,1H3,(H,13,14)(H,15,16). The van der Waals surface area contributed by atoms with Gasteiger partial charge in [-0.2, -0.15) is 0 Å². The molecule has 16 heavy (non-hydrogen) atoms. The van der Waals surface area contributed by atoms with Crippen molar-refractivity contribution in [3.8, 4) is 0 Å². The number of aromatic carboxylic acids is 1. The molecular formula is C12H16N2O2. The summed E-state index contributed by atoms with van der Waals surface area (Å²) in [6, 6.07) is 3.76. The van der Waals surface area contributed by atoms with Crippen LogP contribution >= 0.6 is 0 Å². The summed E-state index contributed by atoms with van der Waals surface area (Å²) >= 11 is 0. The number of nitrogens with one attached hydrogen (secondary N) is 1. The van der Waals surface area contributed by atoms with Crippen LogP contribution in [0.3, 0.4) is 0 Å². The molecule has 0 amide bonds. The lowest BCUT2D eigenvalue weighted by molar-refractivity contribution is 0.0690. The number of hydrogen-bond donors (Lipinski definition) is 2. The van der Waals surface area contributed by atoms with Gasteiger partial charge in [0.2, 0.25) is 0 Å². The molecule has 1 heterocycles. The molecule has 1 aromatic heterocycles. The van der Waals surface area contributed by atoms with Crippen molar-refractivity contribution in [3.05, 3.63) is 24.0 Å². The summed E-state index contributed by atoms with van der Waals surface area (Å²) in [4.78, 5) is 14.5. The van der Waals surface area contributed by atoms with E-state index >= 15 is 0 Å². The molecule has 2 rings (SSSR count). The third kappa shape index (κ3) is 2.95. The highest BCUT2D eigenvalue weighted by atomic mass is 16.4. The van der Waals surface area contributed by atoms with E-state index in [1.807, 2.05) is 0 Å². The fourth-order valence-corrected chi connectivity index (χ4v) is 1.83. The fraction of sp³-hybridized carbons (Fsp3) is 0.500. The summed E-state index contributed by atoms with van der Waals surface area (Å²) in [6.45, 7) is 2.12. The molecule has 0 bridgehead atoms. The Morgan fingerprint density at radius 3 is 3.06 bits per heavy atom. The van der Waals surface area contributed by atoms with Crippen LogP contribution in [0.2, 0.25) is 0 Å². The number of carbonyl (C=O) groups is 1. The van der Waals surface area contributed by atoms with Crippen LogP contribution in [0.25, 0.3) is 0 Å². The molecule has 0 aromatic carbocycles. The molecule has 1 saturated carbocycles. The number of rotatable bonds is 5. The number of carboxylic acid groups (broad SMARTS) is 1. The Kier molecular flexibility index (Phi) is 3.08. The van der Waals surface area contributed by atoms with Crippen LogP contribution in [0.1, 0.15) is 36.7 Å². The maximum Gasteiger partial charge on any atom is 0.354 e. The summed E-state index contributed by atoms with van der Waals surface area (Å²) in [5.74, 6) is -0.123. The Labute approximate surface area is 94.7 Å². The van der Waals surface area contributed by atoms with E-state index in [-0.39, 0.29) is 5.69 Å². The third-order valence-electron chi connectivity index (χ3n) is 2.78. The first-order chi connectivity index (χ1) is 7.65. The Bertz CT molecular complexity index is 388. The van der Waals surface area contributed by atoms with Gasteiger partial charge in [0.1, 0.15) is 5.69 Å². The van der Waals surface area contributed by atoms with Crippen molar-refractivity contribution in [1.29, 1.82) is 0 Å². The van der Waals surface area contributed by atoms with E-state index in [1.54, 1.807) is 12.1 Å². The summed E-state index contributed by atoms with van der Waals surface area (Å²) in [5, 5.41) is 12.1. The number of carboxylic acids is 1. The van der Waals surface area contributed by atoms with E-state index < -0.39 is 5.97 Å². The average Bonchev–Trinajstić information content (AvgIpc) is 3.01. The van der Waals surface area contributed by atoms with Crippen LogP contribution in [-0.4, -0.2) is 22.1 Å². The van der Waals surface area contributed by atoms with E-state index in [0.717, 1.165) is 18.0 Å². The second kappa shape index (κ2) is 4.51. The first-order valence-electron chi connectivity index (χ1n) is 5.61. The van der Waals surface area contributed by atoms with E-state index in [4.69, 9.17) is 5.11 Å². The Morgan fingerprint density at radius 1 is 1.69 bits per heavy atom. The molecule has 1 aliphatic rings. The van der Waals surface area contributed by atoms with Crippen LogP contribution in [0, 0.1) is 5.92 Å². The molecule has 1 aromatic rings. The quantitative estimate of drug-likeness (QED) is 0.799. The minimum Gasteiger partial charge on any atom is -0.477 e. The first-order valence-corrected chi connectivity index (χ1v) is 5.61. The van der Waals surface area contributed by atoms with Crippen molar-refractivity contribution < 1.29 is 9.90 Å². The van der Waals surface area contributed by atoms with Crippen molar-refractivity contribution >= 4 is 11.7 Å². The lowest BCUT2D eigenvalue weighted by Crippen LogP contribution is -2.16. The summed E-state index contributed by atoms with van der Waals surface area (Å²) in [5.41, 5.74) is 0.921. The topological polar surface area (TPSA) is 62.2 Å². The molecule has 86 valence electrons. The maximum atomic E-state index is 10.7. The van der Waals surface area contributed by atoms with E-state index in [0.29, 0.717) is 6.04 Å². The van der Waals surface area contributed by atoms with Gasteiger partial charge in [-0.15, -0.1) is 0 Å². The van der Waals surface area contributed by atoms with Gasteiger partial charge >= 0.3 is 5.97 Å². The minimum atomic E-state index is -0.988. The van der Waals surface area contributed by atoms with Crippen LogP contribution < -0.4 is 5.32 Å². The molecule has 4 nitrogen and oxygen atoms in total. The molecule has 4 heteroatoms. The van der Waals surface area contributed by atoms with Gasteiger partial charge in [-0.25, -0.2) is 9.78 Å². The molecule has 1 atom stereocenters. The lowest BCUT2D eigenvalue weighted by Gasteiger charge is -2.14. The van der Waals surface area contributed by atoms with Gasteiger partial charge in [0, 0.05) is 17.9 Å². The zero-order valence-electron chi connectivity index (χ0n) is 9.31. The van der Waals surface area contributed by atoms with Crippen molar-refractivity contribution in [2.75, 3.05) is 5.32 Å². The van der Waals surface area contributed by atoms with Gasteiger partial charge < -0.3 is 10.4 Å². The highest BCUT2D eigenvalue weighted by Gasteiger charge is 2.23. The molecule has 1 aliphatic carbocycles. The lowest BCUT2D eigenvalue weighted by atomic mass is 10.1. The highest BCUT2D eigenvalue weighted by Crippen LogP contribution is 2.34. The Balaban J connectivity index is 1.96. The van der Waals surface area contributed by atoms with Crippen molar-refractivity contribution in [1.82, 2.24) is 4.98 Å². The van der Waals surface area contributed by atoms with E-state index in [2.05, 4.69) is 17.2 Å². The zero-order chi connectivity index (χ0) is 11.5. The monoisotopic (exact) mass is 220 g/mol. The number of nitrogens with zero attached hydrogens (tertiary/aromatic N) is 1. The number of pyridine rings is 1. The summed E-state index contributed by atoms with van der Waals surface area (Å²) < 4.78 is 0. The number of hydrogen-bond acceptors (Lipinski definition) is 3. The molecule has 0 radical (unpaired) electrons. The van der Waals surface area contributed by atoms with E-state index in [9.17, 15) is 4.79 Å². The Morgan fingerprint density at radius 2 is 2.44 bits per heavy atom. The normalized spacial score (nSPS) is 16.8. The largest absolute Gasteiger partial charge is 0.477 e. The SMILES string of the molecule is CC(CC1CC1)Nc1ccnc(C(=O)O)c1. The first kappa shape index (κ1) is 10.9. The van der Waals surface area contributed by atoms with Gasteiger partial charge in [-0.1, -0.05) is 12.8 Å². The van der Waals surface area contributed by atoms with Crippen molar-refractivity contribution in [2.45, 2.75) is 32.2 Å². The van der Waals surface area contributed by atoms with Gasteiger partial charge in [-0.3, -0.25) is 0 Å². The zero-order valence-corrected chi connectivity index (χ0v) is 9.31. The number of anilines is 1. The predicted octanol–water partition coefficient (Wildman–Crippen LogP) is 2.38. The smallest absolute Gasteiger partial charge is 0.354 e. The molecule has 1 fully saturated rings. The van der Waals surface area contributed by atoms with Gasteiger partial charge in [0.25, 0.3) is 0 Å². The van der Waals surface area contributed by atoms with Crippen LogP contribution in [0.15, 0.2) is 18.3 Å². The van der Waals surface area contributed by atoms with Gasteiger partial charge in [0.15, 0.2) is 0 Å². The summed E-state index contributed by atoms with van der Waals surface area (Å²) in [6.07, 6.45) is 5.35. The van der Waals surface area contributed by atoms with Crippen LogP contribution in [0.5, 0.6) is 0 Å². The fourth-order valence-electron chi connectivity index (χ4n) is 1.83. The molecule has 0 saturated heterocycles.